The zero-order valence-electron chi connectivity index (χ0n) is 12.3. The number of carbonyl (C=O) groups is 1. The highest BCUT2D eigenvalue weighted by Gasteiger charge is 2.09. The van der Waals surface area contributed by atoms with Crippen LogP contribution in [0.5, 0.6) is 5.75 Å². The van der Waals surface area contributed by atoms with E-state index in [2.05, 4.69) is 4.90 Å². The van der Waals surface area contributed by atoms with E-state index in [4.69, 9.17) is 4.74 Å². The van der Waals surface area contributed by atoms with Crippen LogP contribution in [0.4, 0.5) is 0 Å². The molecule has 0 aliphatic rings. The smallest absolute Gasteiger partial charge is 0.226 e. The first-order chi connectivity index (χ1) is 9.02. The van der Waals surface area contributed by atoms with E-state index in [9.17, 15) is 4.79 Å². The number of hydrogen-bond acceptors (Lipinski definition) is 3. The standard InChI is InChI=1S/C15H24N2O2/c1-5-19-14-8-6-13(7-9-14)12-15(18)17(4)11-10-16(2)3/h6-9H,5,10-12H2,1-4H3. The van der Waals surface area contributed by atoms with Gasteiger partial charge in [-0.15, -0.1) is 0 Å². The Morgan fingerprint density at radius 1 is 1.11 bits per heavy atom. The molecule has 0 saturated carbocycles. The lowest BCUT2D eigenvalue weighted by molar-refractivity contribution is -0.129. The maximum atomic E-state index is 12.0. The average molecular weight is 264 g/mol. The summed E-state index contributed by atoms with van der Waals surface area (Å²) in [6.45, 7) is 4.25. The van der Waals surface area contributed by atoms with Gasteiger partial charge in [0.15, 0.2) is 0 Å². The van der Waals surface area contributed by atoms with Gasteiger partial charge in [-0.05, 0) is 38.7 Å². The summed E-state index contributed by atoms with van der Waals surface area (Å²) in [6.07, 6.45) is 0.441. The average Bonchev–Trinajstić information content (AvgIpc) is 2.38. The predicted octanol–water partition coefficient (Wildman–Crippen LogP) is 1.65. The van der Waals surface area contributed by atoms with Gasteiger partial charge in [-0.3, -0.25) is 4.79 Å². The highest BCUT2D eigenvalue weighted by Crippen LogP contribution is 2.12. The molecule has 0 saturated heterocycles. The second kappa shape index (κ2) is 7.79. The van der Waals surface area contributed by atoms with Crippen LogP contribution in [0.2, 0.25) is 0 Å². The van der Waals surface area contributed by atoms with Crippen LogP contribution in [0.1, 0.15) is 12.5 Å². The second-order valence-corrected chi connectivity index (χ2v) is 4.87. The monoisotopic (exact) mass is 264 g/mol. The minimum atomic E-state index is 0.144. The molecule has 4 nitrogen and oxygen atoms in total. The van der Waals surface area contributed by atoms with Crippen LogP contribution in [0.15, 0.2) is 24.3 Å². The molecule has 106 valence electrons. The minimum absolute atomic E-state index is 0.144. The molecular formula is C15H24N2O2. The van der Waals surface area contributed by atoms with Gasteiger partial charge in [0.1, 0.15) is 5.75 Å². The molecule has 0 aromatic heterocycles. The predicted molar refractivity (Wildman–Crippen MR) is 77.5 cm³/mol. The largest absolute Gasteiger partial charge is 0.494 e. The van der Waals surface area contributed by atoms with Crippen molar-refractivity contribution in [3.05, 3.63) is 29.8 Å². The number of ether oxygens (including phenoxy) is 1. The summed E-state index contributed by atoms with van der Waals surface area (Å²) in [5, 5.41) is 0. The van der Waals surface area contributed by atoms with Crippen molar-refractivity contribution in [1.82, 2.24) is 9.80 Å². The maximum absolute atomic E-state index is 12.0. The maximum Gasteiger partial charge on any atom is 0.226 e. The molecule has 1 aromatic rings. The fourth-order valence-electron chi connectivity index (χ4n) is 1.65. The summed E-state index contributed by atoms with van der Waals surface area (Å²) >= 11 is 0. The molecule has 19 heavy (non-hydrogen) atoms. The number of rotatable bonds is 7. The molecule has 0 unspecified atom stereocenters. The van der Waals surface area contributed by atoms with Crippen LogP contribution < -0.4 is 4.74 Å². The molecule has 1 amide bonds. The van der Waals surface area contributed by atoms with Gasteiger partial charge in [0.25, 0.3) is 0 Å². The Morgan fingerprint density at radius 2 is 1.74 bits per heavy atom. The lowest BCUT2D eigenvalue weighted by Crippen LogP contribution is -2.34. The van der Waals surface area contributed by atoms with Gasteiger partial charge in [0, 0.05) is 20.1 Å². The Balaban J connectivity index is 2.47. The SMILES string of the molecule is CCOc1ccc(CC(=O)N(C)CCN(C)C)cc1. The third-order valence-electron chi connectivity index (χ3n) is 2.90. The number of nitrogens with zero attached hydrogens (tertiary/aromatic N) is 2. The molecule has 0 N–H and O–H groups in total. The third kappa shape index (κ3) is 5.75. The van der Waals surface area contributed by atoms with E-state index >= 15 is 0 Å². The van der Waals surface area contributed by atoms with E-state index in [0.29, 0.717) is 13.0 Å². The lowest BCUT2D eigenvalue weighted by atomic mass is 10.1. The first-order valence-corrected chi connectivity index (χ1v) is 6.63. The summed E-state index contributed by atoms with van der Waals surface area (Å²) in [7, 11) is 5.86. The van der Waals surface area contributed by atoms with Gasteiger partial charge in [-0.2, -0.15) is 0 Å². The zero-order chi connectivity index (χ0) is 14.3. The van der Waals surface area contributed by atoms with Gasteiger partial charge < -0.3 is 14.5 Å². The Morgan fingerprint density at radius 3 is 2.26 bits per heavy atom. The molecular weight excluding hydrogens is 240 g/mol. The number of benzene rings is 1. The van der Waals surface area contributed by atoms with E-state index in [-0.39, 0.29) is 5.91 Å². The topological polar surface area (TPSA) is 32.8 Å². The summed E-state index contributed by atoms with van der Waals surface area (Å²) in [6, 6.07) is 7.71. The Bertz CT molecular complexity index is 388. The molecule has 0 heterocycles. The van der Waals surface area contributed by atoms with Crippen molar-refractivity contribution in [2.24, 2.45) is 0 Å². The molecule has 0 atom stereocenters. The Kier molecular flexibility index (Phi) is 6.36. The summed E-state index contributed by atoms with van der Waals surface area (Å²) in [5.74, 6) is 0.991. The van der Waals surface area contributed by atoms with E-state index in [1.54, 1.807) is 4.90 Å². The quantitative estimate of drug-likeness (QED) is 0.750. The summed E-state index contributed by atoms with van der Waals surface area (Å²) < 4.78 is 5.38. The lowest BCUT2D eigenvalue weighted by Gasteiger charge is -2.19. The van der Waals surface area contributed by atoms with Gasteiger partial charge in [0.05, 0.1) is 13.0 Å². The first-order valence-electron chi connectivity index (χ1n) is 6.63. The fraction of sp³-hybridized carbons (Fsp3) is 0.533. The number of likely N-dealkylation sites (N-methyl/N-ethyl adjacent to an activating group) is 2. The van der Waals surface area contributed by atoms with Crippen LogP contribution in [0.3, 0.4) is 0 Å². The van der Waals surface area contributed by atoms with Crippen LogP contribution in [-0.4, -0.2) is 56.5 Å². The van der Waals surface area contributed by atoms with Crippen LogP contribution in [-0.2, 0) is 11.2 Å². The van der Waals surface area contributed by atoms with Crippen molar-refractivity contribution >= 4 is 5.91 Å². The van der Waals surface area contributed by atoms with E-state index in [1.165, 1.54) is 0 Å². The molecule has 0 fully saturated rings. The number of carbonyl (C=O) groups excluding carboxylic acids is 1. The molecule has 0 aliphatic carbocycles. The summed E-state index contributed by atoms with van der Waals surface area (Å²) in [5.41, 5.74) is 1.02. The van der Waals surface area contributed by atoms with Crippen molar-refractivity contribution in [2.45, 2.75) is 13.3 Å². The highest BCUT2D eigenvalue weighted by atomic mass is 16.5. The Hall–Kier alpha value is -1.55. The molecule has 1 aromatic carbocycles. The van der Waals surface area contributed by atoms with Crippen molar-refractivity contribution in [3.63, 3.8) is 0 Å². The minimum Gasteiger partial charge on any atom is -0.494 e. The van der Waals surface area contributed by atoms with Crippen molar-refractivity contribution in [2.75, 3.05) is 40.8 Å². The highest BCUT2D eigenvalue weighted by molar-refractivity contribution is 5.78. The van der Waals surface area contributed by atoms with Crippen molar-refractivity contribution < 1.29 is 9.53 Å². The summed E-state index contributed by atoms with van der Waals surface area (Å²) in [4.78, 5) is 15.9. The van der Waals surface area contributed by atoms with Crippen molar-refractivity contribution in [3.8, 4) is 5.75 Å². The molecule has 0 radical (unpaired) electrons. The van der Waals surface area contributed by atoms with Crippen LogP contribution in [0.25, 0.3) is 0 Å². The second-order valence-electron chi connectivity index (χ2n) is 4.87. The van der Waals surface area contributed by atoms with Gasteiger partial charge in [-0.1, -0.05) is 12.1 Å². The normalized spacial score (nSPS) is 10.6. The van der Waals surface area contributed by atoms with E-state index < -0.39 is 0 Å². The van der Waals surface area contributed by atoms with Gasteiger partial charge in [-0.25, -0.2) is 0 Å². The third-order valence-corrected chi connectivity index (χ3v) is 2.90. The first kappa shape index (κ1) is 15.5. The van der Waals surface area contributed by atoms with Crippen molar-refractivity contribution in [1.29, 1.82) is 0 Å². The van der Waals surface area contributed by atoms with Crippen LogP contribution >= 0.6 is 0 Å². The van der Waals surface area contributed by atoms with Gasteiger partial charge in [0.2, 0.25) is 5.91 Å². The molecule has 0 aliphatic heterocycles. The molecule has 0 spiro atoms. The number of hydrogen-bond donors (Lipinski definition) is 0. The zero-order valence-corrected chi connectivity index (χ0v) is 12.3. The van der Waals surface area contributed by atoms with E-state index in [0.717, 1.165) is 24.4 Å². The van der Waals surface area contributed by atoms with Crippen LogP contribution in [0, 0.1) is 0 Å². The molecule has 4 heteroatoms. The number of amides is 1. The molecule has 1 rings (SSSR count). The van der Waals surface area contributed by atoms with Gasteiger partial charge >= 0.3 is 0 Å². The Labute approximate surface area is 116 Å². The van der Waals surface area contributed by atoms with E-state index in [1.807, 2.05) is 52.3 Å². The molecule has 0 bridgehead atoms. The fourth-order valence-corrected chi connectivity index (χ4v) is 1.65.